The van der Waals surface area contributed by atoms with Crippen molar-refractivity contribution in [1.29, 1.82) is 0 Å². The number of hydrogen-bond acceptors (Lipinski definition) is 6. The van der Waals surface area contributed by atoms with Gasteiger partial charge in [-0.05, 0) is 42.0 Å². The Balaban J connectivity index is 2.09. The number of benzene rings is 2. The van der Waals surface area contributed by atoms with Crippen LogP contribution in [-0.4, -0.2) is 41.9 Å². The molecule has 1 amide bonds. The lowest BCUT2D eigenvalue weighted by Crippen LogP contribution is -2.15. The van der Waals surface area contributed by atoms with Gasteiger partial charge in [-0.25, -0.2) is 8.42 Å². The summed E-state index contributed by atoms with van der Waals surface area (Å²) in [5, 5.41) is 2.75. The second-order valence-corrected chi connectivity index (χ2v) is 7.46. The number of carbonyl (C=O) groups excluding carboxylic acids is 1. The van der Waals surface area contributed by atoms with E-state index < -0.39 is 10.0 Å². The summed E-state index contributed by atoms with van der Waals surface area (Å²) in [6.07, 6.45) is 1.17. The van der Waals surface area contributed by atoms with Gasteiger partial charge in [0.05, 0.1) is 34.0 Å². The lowest BCUT2D eigenvalue weighted by Gasteiger charge is -2.14. The molecule has 0 aliphatic heterocycles. The van der Waals surface area contributed by atoms with Gasteiger partial charge in [-0.15, -0.1) is 0 Å². The van der Waals surface area contributed by atoms with Crippen LogP contribution in [-0.2, 0) is 21.2 Å². The molecule has 0 fully saturated rings. The zero-order valence-electron chi connectivity index (χ0n) is 15.5. The van der Waals surface area contributed by atoms with E-state index in [-0.39, 0.29) is 12.3 Å². The molecule has 0 radical (unpaired) electrons. The molecule has 2 rings (SSSR count). The van der Waals surface area contributed by atoms with Crippen molar-refractivity contribution in [3.8, 4) is 17.2 Å². The number of sulfonamides is 1. The Morgan fingerprint density at radius 2 is 1.44 bits per heavy atom. The van der Waals surface area contributed by atoms with Crippen LogP contribution >= 0.6 is 0 Å². The summed E-state index contributed by atoms with van der Waals surface area (Å²) >= 11 is 0. The highest BCUT2D eigenvalue weighted by Crippen LogP contribution is 2.38. The molecular formula is C18H22N2O6S. The fourth-order valence-electron chi connectivity index (χ4n) is 2.46. The van der Waals surface area contributed by atoms with Crippen molar-refractivity contribution in [1.82, 2.24) is 0 Å². The Kier molecular flexibility index (Phi) is 6.51. The second kappa shape index (κ2) is 8.63. The van der Waals surface area contributed by atoms with Crippen LogP contribution in [0, 0.1) is 0 Å². The van der Waals surface area contributed by atoms with Crippen molar-refractivity contribution in [3.05, 3.63) is 42.0 Å². The summed E-state index contributed by atoms with van der Waals surface area (Å²) in [5.74, 6) is 1.15. The molecule has 0 unspecified atom stereocenters. The molecule has 0 bridgehead atoms. The molecule has 2 aromatic carbocycles. The van der Waals surface area contributed by atoms with Gasteiger partial charge in [0.1, 0.15) is 0 Å². The highest BCUT2D eigenvalue weighted by Gasteiger charge is 2.15. The van der Waals surface area contributed by atoms with Gasteiger partial charge >= 0.3 is 0 Å². The number of methoxy groups -OCH3 is 3. The quantitative estimate of drug-likeness (QED) is 0.712. The maximum atomic E-state index is 12.3. The molecule has 9 heteroatoms. The summed E-state index contributed by atoms with van der Waals surface area (Å²) in [6.45, 7) is 0. The molecule has 0 aromatic heterocycles. The van der Waals surface area contributed by atoms with Crippen molar-refractivity contribution in [2.24, 2.45) is 0 Å². The van der Waals surface area contributed by atoms with E-state index in [2.05, 4.69) is 10.0 Å². The van der Waals surface area contributed by atoms with E-state index >= 15 is 0 Å². The molecule has 0 aliphatic carbocycles. The number of nitrogens with one attached hydrogen (secondary N) is 2. The highest BCUT2D eigenvalue weighted by molar-refractivity contribution is 7.92. The van der Waals surface area contributed by atoms with Crippen LogP contribution in [0.1, 0.15) is 5.56 Å². The Hall–Kier alpha value is -2.94. The van der Waals surface area contributed by atoms with E-state index in [0.29, 0.717) is 34.2 Å². The van der Waals surface area contributed by atoms with E-state index in [1.807, 2.05) is 0 Å². The number of anilines is 2. The highest BCUT2D eigenvalue weighted by atomic mass is 32.2. The first-order valence-corrected chi connectivity index (χ1v) is 9.81. The van der Waals surface area contributed by atoms with Gasteiger partial charge < -0.3 is 19.5 Å². The Morgan fingerprint density at radius 3 is 1.89 bits per heavy atom. The molecule has 0 spiro atoms. The van der Waals surface area contributed by atoms with Gasteiger partial charge in [-0.1, -0.05) is 0 Å². The van der Waals surface area contributed by atoms with Crippen LogP contribution in [0.25, 0.3) is 0 Å². The Bertz CT molecular complexity index is 885. The zero-order valence-corrected chi connectivity index (χ0v) is 16.3. The van der Waals surface area contributed by atoms with Gasteiger partial charge in [0.15, 0.2) is 11.5 Å². The second-order valence-electron chi connectivity index (χ2n) is 5.71. The average Bonchev–Trinajstić information content (AvgIpc) is 2.61. The number of hydrogen-bond donors (Lipinski definition) is 2. The van der Waals surface area contributed by atoms with E-state index in [9.17, 15) is 13.2 Å². The first-order chi connectivity index (χ1) is 12.8. The minimum absolute atomic E-state index is 0.0973. The minimum Gasteiger partial charge on any atom is -0.493 e. The van der Waals surface area contributed by atoms with Crippen LogP contribution in [0.4, 0.5) is 11.4 Å². The molecule has 146 valence electrons. The van der Waals surface area contributed by atoms with Crippen LogP contribution in [0.15, 0.2) is 36.4 Å². The summed E-state index contributed by atoms with van der Waals surface area (Å²) in [4.78, 5) is 12.3. The van der Waals surface area contributed by atoms with Gasteiger partial charge in [0.2, 0.25) is 21.7 Å². The molecule has 27 heavy (non-hydrogen) atoms. The van der Waals surface area contributed by atoms with Crippen LogP contribution < -0.4 is 24.2 Å². The van der Waals surface area contributed by atoms with Gasteiger partial charge in [0, 0.05) is 11.4 Å². The van der Waals surface area contributed by atoms with Crippen LogP contribution in [0.3, 0.4) is 0 Å². The van der Waals surface area contributed by atoms with E-state index in [1.54, 1.807) is 36.4 Å². The third kappa shape index (κ3) is 5.78. The van der Waals surface area contributed by atoms with Crippen molar-refractivity contribution < 1.29 is 27.4 Å². The maximum absolute atomic E-state index is 12.3. The molecule has 2 N–H and O–H groups in total. The zero-order chi connectivity index (χ0) is 20.0. The number of ether oxygens (including phenoxy) is 3. The molecule has 0 aliphatic rings. The lowest BCUT2D eigenvalue weighted by atomic mass is 10.1. The lowest BCUT2D eigenvalue weighted by molar-refractivity contribution is -0.115. The Labute approximate surface area is 158 Å². The largest absolute Gasteiger partial charge is 0.493 e. The van der Waals surface area contributed by atoms with Crippen molar-refractivity contribution >= 4 is 27.3 Å². The Morgan fingerprint density at radius 1 is 0.926 bits per heavy atom. The first kappa shape index (κ1) is 20.4. The fourth-order valence-corrected chi connectivity index (χ4v) is 3.03. The molecule has 0 heterocycles. The number of amides is 1. The topological polar surface area (TPSA) is 103 Å². The van der Waals surface area contributed by atoms with Crippen LogP contribution in [0.2, 0.25) is 0 Å². The van der Waals surface area contributed by atoms with Gasteiger partial charge in [-0.2, -0.15) is 0 Å². The smallest absolute Gasteiger partial charge is 0.229 e. The van der Waals surface area contributed by atoms with E-state index in [4.69, 9.17) is 14.2 Å². The van der Waals surface area contributed by atoms with Crippen molar-refractivity contribution in [3.63, 3.8) is 0 Å². The summed E-state index contributed by atoms with van der Waals surface area (Å²) in [7, 11) is 1.18. The number of carbonyl (C=O) groups is 1. The third-order valence-electron chi connectivity index (χ3n) is 3.56. The van der Waals surface area contributed by atoms with Gasteiger partial charge in [-0.3, -0.25) is 9.52 Å². The average molecular weight is 394 g/mol. The summed E-state index contributed by atoms with van der Waals surface area (Å²) in [6, 6.07) is 9.77. The number of rotatable bonds is 8. The monoisotopic (exact) mass is 394 g/mol. The maximum Gasteiger partial charge on any atom is 0.229 e. The van der Waals surface area contributed by atoms with E-state index in [0.717, 1.165) is 6.26 Å². The van der Waals surface area contributed by atoms with Crippen LogP contribution in [0.5, 0.6) is 17.2 Å². The van der Waals surface area contributed by atoms with Gasteiger partial charge in [0.25, 0.3) is 0 Å². The third-order valence-corrected chi connectivity index (χ3v) is 4.17. The van der Waals surface area contributed by atoms with Crippen molar-refractivity contribution in [2.75, 3.05) is 37.6 Å². The predicted molar refractivity (Wildman–Crippen MR) is 103 cm³/mol. The molecule has 0 saturated carbocycles. The SMILES string of the molecule is COc1cc(CC(=O)Nc2ccc(NS(C)(=O)=O)cc2)cc(OC)c1OC. The van der Waals surface area contributed by atoms with E-state index in [1.165, 1.54) is 21.3 Å². The normalized spacial score (nSPS) is 10.8. The van der Waals surface area contributed by atoms with Crippen molar-refractivity contribution in [2.45, 2.75) is 6.42 Å². The molecular weight excluding hydrogens is 372 g/mol. The molecule has 0 saturated heterocycles. The summed E-state index contributed by atoms with van der Waals surface area (Å²) in [5.41, 5.74) is 1.66. The molecule has 2 aromatic rings. The minimum atomic E-state index is -3.34. The fraction of sp³-hybridized carbons (Fsp3) is 0.278. The standard InChI is InChI=1S/C18H22N2O6S/c1-24-15-9-12(10-16(25-2)18(15)26-3)11-17(21)19-13-5-7-14(8-6-13)20-27(4,22)23/h5-10,20H,11H2,1-4H3,(H,19,21). The molecule has 8 nitrogen and oxygen atoms in total. The molecule has 0 atom stereocenters. The predicted octanol–water partition coefficient (Wildman–Crippen LogP) is 2.27. The summed E-state index contributed by atoms with van der Waals surface area (Å²) < 4.78 is 40.6. The first-order valence-electron chi connectivity index (χ1n) is 7.92.